The minimum atomic E-state index is -0.00480. The van der Waals surface area contributed by atoms with Gasteiger partial charge in [0.25, 0.3) is 0 Å². The highest BCUT2D eigenvalue weighted by Gasteiger charge is 2.00. The Morgan fingerprint density at radius 3 is 2.79 bits per heavy atom. The summed E-state index contributed by atoms with van der Waals surface area (Å²) in [5.74, 6) is -0.00480. The molecule has 0 saturated carbocycles. The van der Waals surface area contributed by atoms with E-state index in [-0.39, 0.29) is 5.84 Å². The van der Waals surface area contributed by atoms with E-state index in [9.17, 15) is 0 Å². The molecule has 1 aromatic heterocycles. The molecule has 0 unspecified atom stereocenters. The molecule has 0 amide bonds. The Hall–Kier alpha value is -1.42. The summed E-state index contributed by atoms with van der Waals surface area (Å²) in [6.45, 7) is 0. The number of hydrogen-bond acceptors (Lipinski definition) is 2. The summed E-state index contributed by atoms with van der Waals surface area (Å²) in [6.07, 6.45) is 0. The lowest BCUT2D eigenvalue weighted by Gasteiger charge is -2.01. The van der Waals surface area contributed by atoms with Crippen molar-refractivity contribution >= 4 is 32.7 Å². The minimum Gasteiger partial charge on any atom is -0.382 e. The second-order valence-corrected chi connectivity index (χ2v) is 3.86. The van der Waals surface area contributed by atoms with E-state index in [1.165, 1.54) is 0 Å². The summed E-state index contributed by atoms with van der Waals surface area (Å²) in [5.41, 5.74) is 6.71. The standard InChI is InChI=1S/C10H8BrN3/c11-7-2-4-8-6(5-7)1-3-9(14-8)10(12)13/h1-5H,(H3,12,13). The predicted molar refractivity (Wildman–Crippen MR) is 60.5 cm³/mol. The summed E-state index contributed by atoms with van der Waals surface area (Å²) in [5, 5.41) is 8.29. The number of halogens is 1. The fraction of sp³-hybridized carbons (Fsp3) is 0. The van der Waals surface area contributed by atoms with Gasteiger partial charge in [0.15, 0.2) is 0 Å². The van der Waals surface area contributed by atoms with Crippen LogP contribution in [-0.2, 0) is 0 Å². The Balaban J connectivity index is 2.67. The first-order valence-electron chi connectivity index (χ1n) is 4.07. The summed E-state index contributed by atoms with van der Waals surface area (Å²) in [7, 11) is 0. The van der Waals surface area contributed by atoms with Gasteiger partial charge in [0.05, 0.1) is 5.52 Å². The van der Waals surface area contributed by atoms with E-state index >= 15 is 0 Å². The van der Waals surface area contributed by atoms with Gasteiger partial charge < -0.3 is 5.73 Å². The number of amidine groups is 1. The first-order chi connectivity index (χ1) is 6.66. The van der Waals surface area contributed by atoms with E-state index in [0.717, 1.165) is 15.4 Å². The highest BCUT2D eigenvalue weighted by Crippen LogP contribution is 2.18. The molecule has 0 radical (unpaired) electrons. The molecule has 0 bridgehead atoms. The number of nitrogens with one attached hydrogen (secondary N) is 1. The maximum atomic E-state index is 7.26. The third-order valence-corrected chi connectivity index (χ3v) is 2.42. The molecule has 0 aliphatic rings. The van der Waals surface area contributed by atoms with Crippen molar-refractivity contribution in [3.63, 3.8) is 0 Å². The third kappa shape index (κ3) is 1.61. The van der Waals surface area contributed by atoms with E-state index in [4.69, 9.17) is 11.1 Å². The lowest BCUT2D eigenvalue weighted by Crippen LogP contribution is -2.12. The van der Waals surface area contributed by atoms with Gasteiger partial charge in [0, 0.05) is 9.86 Å². The van der Waals surface area contributed by atoms with Gasteiger partial charge in [-0.1, -0.05) is 22.0 Å². The molecule has 1 heterocycles. The minimum absolute atomic E-state index is 0.00480. The van der Waals surface area contributed by atoms with Crippen LogP contribution in [0.25, 0.3) is 10.9 Å². The normalized spacial score (nSPS) is 10.4. The zero-order chi connectivity index (χ0) is 10.1. The Morgan fingerprint density at radius 1 is 1.29 bits per heavy atom. The highest BCUT2D eigenvalue weighted by molar-refractivity contribution is 9.10. The van der Waals surface area contributed by atoms with Crippen LogP contribution in [0.2, 0.25) is 0 Å². The van der Waals surface area contributed by atoms with Crippen molar-refractivity contribution in [3.8, 4) is 0 Å². The van der Waals surface area contributed by atoms with Crippen molar-refractivity contribution in [1.82, 2.24) is 4.98 Å². The lowest BCUT2D eigenvalue weighted by atomic mass is 10.2. The van der Waals surface area contributed by atoms with Gasteiger partial charge in [-0.25, -0.2) is 4.98 Å². The number of rotatable bonds is 1. The fourth-order valence-corrected chi connectivity index (χ4v) is 1.63. The first kappa shape index (κ1) is 9.15. The molecule has 2 aromatic rings. The SMILES string of the molecule is N=C(N)c1ccc2cc(Br)ccc2n1. The Kier molecular flexibility index (Phi) is 2.21. The summed E-state index contributed by atoms with van der Waals surface area (Å²) >= 11 is 3.39. The van der Waals surface area contributed by atoms with Crippen LogP contribution in [-0.4, -0.2) is 10.8 Å². The number of nitrogens with zero attached hydrogens (tertiary/aromatic N) is 1. The predicted octanol–water partition coefficient (Wildman–Crippen LogP) is 2.28. The lowest BCUT2D eigenvalue weighted by molar-refractivity contribution is 1.31. The van der Waals surface area contributed by atoms with Crippen molar-refractivity contribution in [3.05, 3.63) is 40.5 Å². The summed E-state index contributed by atoms with van der Waals surface area (Å²) in [4.78, 5) is 4.25. The van der Waals surface area contributed by atoms with E-state index in [1.54, 1.807) is 6.07 Å². The maximum Gasteiger partial charge on any atom is 0.141 e. The topological polar surface area (TPSA) is 62.8 Å². The van der Waals surface area contributed by atoms with Crippen LogP contribution in [0.4, 0.5) is 0 Å². The molecule has 4 heteroatoms. The van der Waals surface area contributed by atoms with E-state index in [0.29, 0.717) is 5.69 Å². The Bertz CT molecular complexity index is 508. The number of hydrogen-bond donors (Lipinski definition) is 2. The van der Waals surface area contributed by atoms with Crippen molar-refractivity contribution in [1.29, 1.82) is 5.41 Å². The van der Waals surface area contributed by atoms with Gasteiger partial charge in [-0.2, -0.15) is 0 Å². The molecule has 0 spiro atoms. The summed E-state index contributed by atoms with van der Waals surface area (Å²) in [6, 6.07) is 9.44. The zero-order valence-corrected chi connectivity index (χ0v) is 8.88. The van der Waals surface area contributed by atoms with Crippen LogP contribution in [0.1, 0.15) is 5.69 Å². The van der Waals surface area contributed by atoms with Crippen LogP contribution in [0.3, 0.4) is 0 Å². The molecule has 0 fully saturated rings. The van der Waals surface area contributed by atoms with Crippen LogP contribution >= 0.6 is 15.9 Å². The molecule has 70 valence electrons. The molecule has 0 atom stereocenters. The van der Waals surface area contributed by atoms with Crippen LogP contribution < -0.4 is 5.73 Å². The van der Waals surface area contributed by atoms with Gasteiger partial charge in [-0.15, -0.1) is 0 Å². The van der Waals surface area contributed by atoms with Crippen molar-refractivity contribution in [2.24, 2.45) is 5.73 Å². The molecule has 0 aliphatic heterocycles. The second kappa shape index (κ2) is 3.38. The summed E-state index contributed by atoms with van der Waals surface area (Å²) < 4.78 is 1.02. The van der Waals surface area contributed by atoms with Crippen LogP contribution in [0.15, 0.2) is 34.8 Å². The zero-order valence-electron chi connectivity index (χ0n) is 7.29. The number of pyridine rings is 1. The number of nitrogens with two attached hydrogens (primary N) is 1. The molecule has 14 heavy (non-hydrogen) atoms. The molecule has 0 saturated heterocycles. The largest absolute Gasteiger partial charge is 0.382 e. The molecule has 1 aromatic carbocycles. The van der Waals surface area contributed by atoms with E-state index in [1.807, 2.05) is 24.3 Å². The van der Waals surface area contributed by atoms with Gasteiger partial charge in [-0.3, -0.25) is 5.41 Å². The molecular formula is C10H8BrN3. The van der Waals surface area contributed by atoms with Crippen molar-refractivity contribution < 1.29 is 0 Å². The van der Waals surface area contributed by atoms with Gasteiger partial charge >= 0.3 is 0 Å². The number of aromatic nitrogens is 1. The van der Waals surface area contributed by atoms with Gasteiger partial charge in [0.2, 0.25) is 0 Å². The molecule has 3 nitrogen and oxygen atoms in total. The number of benzene rings is 1. The Morgan fingerprint density at radius 2 is 2.07 bits per heavy atom. The number of fused-ring (bicyclic) bond motifs is 1. The second-order valence-electron chi connectivity index (χ2n) is 2.95. The maximum absolute atomic E-state index is 7.26. The van der Waals surface area contributed by atoms with Crippen LogP contribution in [0.5, 0.6) is 0 Å². The van der Waals surface area contributed by atoms with Gasteiger partial charge in [0.1, 0.15) is 11.5 Å². The quantitative estimate of drug-likeness (QED) is 0.602. The molecule has 2 rings (SSSR count). The average Bonchev–Trinajstić information content (AvgIpc) is 2.16. The molecular weight excluding hydrogens is 242 g/mol. The average molecular weight is 250 g/mol. The number of nitrogen functional groups attached to an aromatic ring is 1. The molecule has 0 aliphatic carbocycles. The van der Waals surface area contributed by atoms with Crippen LogP contribution in [0, 0.1) is 5.41 Å². The monoisotopic (exact) mass is 249 g/mol. The van der Waals surface area contributed by atoms with E-state index in [2.05, 4.69) is 20.9 Å². The van der Waals surface area contributed by atoms with Gasteiger partial charge in [-0.05, 0) is 24.3 Å². The first-order valence-corrected chi connectivity index (χ1v) is 4.87. The van der Waals surface area contributed by atoms with Crippen molar-refractivity contribution in [2.45, 2.75) is 0 Å². The smallest absolute Gasteiger partial charge is 0.141 e. The van der Waals surface area contributed by atoms with Crippen molar-refractivity contribution in [2.75, 3.05) is 0 Å². The molecule has 3 N–H and O–H groups in total. The fourth-order valence-electron chi connectivity index (χ4n) is 1.25. The highest BCUT2D eigenvalue weighted by atomic mass is 79.9. The Labute approximate surface area is 89.6 Å². The third-order valence-electron chi connectivity index (χ3n) is 1.93. The van der Waals surface area contributed by atoms with E-state index < -0.39 is 0 Å².